The Kier molecular flexibility index (Phi) is 4.22. The summed E-state index contributed by atoms with van der Waals surface area (Å²) in [5.41, 5.74) is 0.650. The molecule has 0 N–H and O–H groups in total. The van der Waals surface area contributed by atoms with Gasteiger partial charge in [-0.25, -0.2) is 13.4 Å². The predicted octanol–water partition coefficient (Wildman–Crippen LogP) is 2.14. The van der Waals surface area contributed by atoms with Gasteiger partial charge in [-0.05, 0) is 18.1 Å². The van der Waals surface area contributed by atoms with Gasteiger partial charge in [-0.3, -0.25) is 0 Å². The van der Waals surface area contributed by atoms with Crippen LogP contribution >= 0.6 is 11.3 Å². The second-order valence-electron chi connectivity index (χ2n) is 4.84. The average Bonchev–Trinajstić information content (AvgIpc) is 2.83. The molecule has 1 aromatic carbocycles. The Balaban J connectivity index is 2.46. The van der Waals surface area contributed by atoms with Gasteiger partial charge in [0.2, 0.25) is 4.34 Å². The van der Waals surface area contributed by atoms with E-state index in [1.54, 1.807) is 6.07 Å². The van der Waals surface area contributed by atoms with E-state index in [4.69, 9.17) is 0 Å². The van der Waals surface area contributed by atoms with Crippen molar-refractivity contribution in [2.45, 2.75) is 24.2 Å². The van der Waals surface area contributed by atoms with E-state index in [9.17, 15) is 13.2 Å². The van der Waals surface area contributed by atoms with Crippen LogP contribution in [0.2, 0.25) is 0 Å². The summed E-state index contributed by atoms with van der Waals surface area (Å²) in [5, 5.41) is 0. The third-order valence-corrected chi connectivity index (χ3v) is 6.36. The van der Waals surface area contributed by atoms with Gasteiger partial charge < -0.3 is 4.79 Å². The molecule has 1 heterocycles. The van der Waals surface area contributed by atoms with Gasteiger partial charge in [0.05, 0.1) is 16.3 Å². The standard InChI is InChI=1S/C13H16N2O3S2/c1-9(2)11(8-16)15(3)20(17,18)13-14-10-6-4-5-7-12(10)19-13/h4-9,11H,1-3H3/t11-/m1/s1. The van der Waals surface area contributed by atoms with E-state index < -0.39 is 16.1 Å². The molecule has 0 spiro atoms. The topological polar surface area (TPSA) is 67.3 Å². The summed E-state index contributed by atoms with van der Waals surface area (Å²) in [6, 6.07) is 6.55. The Hall–Kier alpha value is -1.31. The lowest BCUT2D eigenvalue weighted by molar-refractivity contribution is -0.111. The van der Waals surface area contributed by atoms with Crippen LogP contribution in [0.15, 0.2) is 28.6 Å². The predicted molar refractivity (Wildman–Crippen MR) is 79.3 cm³/mol. The maximum absolute atomic E-state index is 12.5. The van der Waals surface area contributed by atoms with Crippen molar-refractivity contribution in [3.05, 3.63) is 24.3 Å². The number of hydrogen-bond acceptors (Lipinski definition) is 5. The molecule has 5 nitrogen and oxygen atoms in total. The highest BCUT2D eigenvalue weighted by atomic mass is 32.2. The highest BCUT2D eigenvalue weighted by Gasteiger charge is 2.32. The second kappa shape index (κ2) is 5.59. The van der Waals surface area contributed by atoms with E-state index in [2.05, 4.69) is 4.98 Å². The average molecular weight is 312 g/mol. The first-order valence-corrected chi connectivity index (χ1v) is 8.42. The number of para-hydroxylation sites is 1. The van der Waals surface area contributed by atoms with Crippen LogP contribution < -0.4 is 0 Å². The SMILES string of the molecule is CC(C)[C@@H](C=O)N(C)S(=O)(=O)c1nc2ccccc2s1. The fourth-order valence-electron chi connectivity index (χ4n) is 1.91. The van der Waals surface area contributed by atoms with Crippen molar-refractivity contribution in [3.8, 4) is 0 Å². The molecule has 0 saturated heterocycles. The number of carbonyl (C=O) groups is 1. The minimum absolute atomic E-state index is 0.0219. The number of sulfonamides is 1. The number of aldehydes is 1. The molecule has 7 heteroatoms. The molecule has 0 radical (unpaired) electrons. The van der Waals surface area contributed by atoms with Crippen molar-refractivity contribution in [2.75, 3.05) is 7.05 Å². The third kappa shape index (κ3) is 2.61. The molecule has 1 aromatic heterocycles. The lowest BCUT2D eigenvalue weighted by Gasteiger charge is -2.24. The zero-order valence-corrected chi connectivity index (χ0v) is 13.1. The number of fused-ring (bicyclic) bond motifs is 1. The normalized spacial score (nSPS) is 14.1. The number of carbonyl (C=O) groups excluding carboxylic acids is 1. The van der Waals surface area contributed by atoms with Crippen molar-refractivity contribution in [2.24, 2.45) is 5.92 Å². The van der Waals surface area contributed by atoms with Gasteiger partial charge in [0.15, 0.2) is 0 Å². The first-order valence-electron chi connectivity index (χ1n) is 6.17. The summed E-state index contributed by atoms with van der Waals surface area (Å²) in [7, 11) is -2.33. The maximum Gasteiger partial charge on any atom is 0.270 e. The number of benzene rings is 1. The van der Waals surface area contributed by atoms with Crippen molar-refractivity contribution >= 4 is 37.9 Å². The van der Waals surface area contributed by atoms with Gasteiger partial charge in [0.1, 0.15) is 6.29 Å². The molecule has 0 unspecified atom stereocenters. The van der Waals surface area contributed by atoms with Crippen molar-refractivity contribution in [1.82, 2.24) is 9.29 Å². The Bertz CT molecular complexity index is 689. The van der Waals surface area contributed by atoms with E-state index in [-0.39, 0.29) is 10.3 Å². The summed E-state index contributed by atoms with van der Waals surface area (Å²) in [4.78, 5) is 15.3. The van der Waals surface area contributed by atoms with Crippen LogP contribution in [-0.2, 0) is 14.8 Å². The number of aromatic nitrogens is 1. The first-order chi connectivity index (χ1) is 9.37. The van der Waals surface area contributed by atoms with Crippen LogP contribution in [0.25, 0.3) is 10.2 Å². The van der Waals surface area contributed by atoms with Crippen LogP contribution in [0.4, 0.5) is 0 Å². The molecule has 0 amide bonds. The van der Waals surface area contributed by atoms with Crippen molar-refractivity contribution in [1.29, 1.82) is 0 Å². The fraction of sp³-hybridized carbons (Fsp3) is 0.385. The third-order valence-electron chi connectivity index (χ3n) is 3.12. The first kappa shape index (κ1) is 15.1. The highest BCUT2D eigenvalue weighted by Crippen LogP contribution is 2.28. The van der Waals surface area contributed by atoms with Crippen LogP contribution in [0.5, 0.6) is 0 Å². The quantitative estimate of drug-likeness (QED) is 0.793. The van der Waals surface area contributed by atoms with Crippen molar-refractivity contribution < 1.29 is 13.2 Å². The van der Waals surface area contributed by atoms with Gasteiger partial charge in [0.25, 0.3) is 10.0 Å². The largest absolute Gasteiger partial charge is 0.302 e. The molecular weight excluding hydrogens is 296 g/mol. The number of likely N-dealkylation sites (N-methyl/N-ethyl adjacent to an activating group) is 1. The molecule has 0 saturated carbocycles. The minimum atomic E-state index is -3.75. The maximum atomic E-state index is 12.5. The van der Waals surface area contributed by atoms with E-state index in [0.29, 0.717) is 11.8 Å². The van der Waals surface area contributed by atoms with Crippen LogP contribution in [0.1, 0.15) is 13.8 Å². The van der Waals surface area contributed by atoms with Gasteiger partial charge in [-0.1, -0.05) is 26.0 Å². The van der Waals surface area contributed by atoms with Crippen LogP contribution in [-0.4, -0.2) is 37.1 Å². The molecular formula is C13H16N2O3S2. The summed E-state index contributed by atoms with van der Waals surface area (Å²) < 4.78 is 27.0. The smallest absolute Gasteiger partial charge is 0.270 e. The van der Waals surface area contributed by atoms with Crippen molar-refractivity contribution in [3.63, 3.8) is 0 Å². The highest BCUT2D eigenvalue weighted by molar-refractivity contribution is 7.91. The lowest BCUT2D eigenvalue weighted by atomic mass is 10.1. The molecule has 0 fully saturated rings. The van der Waals surface area contributed by atoms with Gasteiger partial charge >= 0.3 is 0 Å². The molecule has 0 aliphatic heterocycles. The number of thiazole rings is 1. The zero-order valence-electron chi connectivity index (χ0n) is 11.5. The Morgan fingerprint density at radius 1 is 1.30 bits per heavy atom. The molecule has 2 aromatic rings. The Labute approximate surface area is 122 Å². The van der Waals surface area contributed by atoms with E-state index >= 15 is 0 Å². The summed E-state index contributed by atoms with van der Waals surface area (Å²) >= 11 is 1.12. The molecule has 0 aliphatic rings. The Morgan fingerprint density at radius 3 is 2.50 bits per heavy atom. The molecule has 2 rings (SSSR count). The number of rotatable bonds is 5. The number of nitrogens with zero attached hydrogens (tertiary/aromatic N) is 2. The van der Waals surface area contributed by atoms with E-state index in [1.165, 1.54) is 7.05 Å². The Morgan fingerprint density at radius 2 is 1.95 bits per heavy atom. The second-order valence-corrected chi connectivity index (χ2v) is 8.04. The zero-order chi connectivity index (χ0) is 14.9. The van der Waals surface area contributed by atoms with Crippen LogP contribution in [0.3, 0.4) is 0 Å². The van der Waals surface area contributed by atoms with Crippen LogP contribution in [0, 0.1) is 5.92 Å². The summed E-state index contributed by atoms with van der Waals surface area (Å²) in [6.45, 7) is 3.62. The van der Waals surface area contributed by atoms with Gasteiger partial charge in [0, 0.05) is 7.05 Å². The fourth-order valence-corrected chi connectivity index (χ4v) is 4.72. The molecule has 108 valence electrons. The molecule has 20 heavy (non-hydrogen) atoms. The lowest BCUT2D eigenvalue weighted by Crippen LogP contribution is -2.41. The summed E-state index contributed by atoms with van der Waals surface area (Å²) in [6.07, 6.45) is 0.662. The molecule has 0 bridgehead atoms. The van der Waals surface area contributed by atoms with E-state index in [1.807, 2.05) is 32.0 Å². The van der Waals surface area contributed by atoms with E-state index in [0.717, 1.165) is 20.3 Å². The van der Waals surface area contributed by atoms with Gasteiger partial charge in [-0.2, -0.15) is 4.31 Å². The summed E-state index contributed by atoms with van der Waals surface area (Å²) in [5.74, 6) is -0.0957. The molecule has 0 aliphatic carbocycles. The molecule has 1 atom stereocenters. The minimum Gasteiger partial charge on any atom is -0.302 e. The number of hydrogen-bond donors (Lipinski definition) is 0. The van der Waals surface area contributed by atoms with Gasteiger partial charge in [-0.15, -0.1) is 11.3 Å². The monoisotopic (exact) mass is 312 g/mol.